The van der Waals surface area contributed by atoms with E-state index in [2.05, 4.69) is 9.88 Å². The molecule has 4 N–H and O–H groups in total. The van der Waals surface area contributed by atoms with Crippen molar-refractivity contribution in [2.24, 2.45) is 0 Å². The molecule has 12 nitrogen and oxygen atoms in total. The highest BCUT2D eigenvalue weighted by Gasteiger charge is 2.34. The third kappa shape index (κ3) is 10.4. The van der Waals surface area contributed by atoms with Gasteiger partial charge in [0.1, 0.15) is 24.4 Å². The summed E-state index contributed by atoms with van der Waals surface area (Å²) >= 11 is 0. The number of amides is 2. The number of aliphatic hydroxyl groups excluding tert-OH is 4. The Kier molecular flexibility index (Phi) is 13.5. The molecule has 3 rings (SSSR count). The molecule has 39 heavy (non-hydrogen) atoms. The van der Waals surface area contributed by atoms with E-state index in [0.717, 1.165) is 25.3 Å². The third-order valence-electron chi connectivity index (χ3n) is 7.16. The average molecular weight is 553 g/mol. The van der Waals surface area contributed by atoms with Crippen LogP contribution in [-0.2, 0) is 25.6 Å². The SMILES string of the molecule is O=C(CCC(=O)N1CCCOCCCCO[C@H]([C@H](O)CO)[C@H](O)[C@H](O)C1)N1CCN(Cc2ccccn2)CC1. The minimum absolute atomic E-state index is 0.0180. The Balaban J connectivity index is 1.51. The maximum absolute atomic E-state index is 13.1. The number of carbonyl (C=O) groups excluding carboxylic acids is 2. The van der Waals surface area contributed by atoms with E-state index < -0.39 is 31.0 Å². The topological polar surface area (TPSA) is 156 Å². The molecule has 0 unspecified atom stereocenters. The molecule has 3 heterocycles. The van der Waals surface area contributed by atoms with Crippen LogP contribution in [0.3, 0.4) is 0 Å². The fourth-order valence-corrected chi connectivity index (χ4v) is 4.80. The van der Waals surface area contributed by atoms with Crippen LogP contribution in [0.5, 0.6) is 0 Å². The molecule has 0 bridgehead atoms. The summed E-state index contributed by atoms with van der Waals surface area (Å²) in [6, 6.07) is 5.82. The number of carbonyl (C=O) groups is 2. The first-order chi connectivity index (χ1) is 18.9. The number of pyridine rings is 1. The second-order valence-electron chi connectivity index (χ2n) is 10.1. The Morgan fingerprint density at radius 3 is 2.33 bits per heavy atom. The molecule has 1 aromatic heterocycles. The molecular weight excluding hydrogens is 508 g/mol. The van der Waals surface area contributed by atoms with Crippen molar-refractivity contribution in [2.45, 2.75) is 63.1 Å². The number of ether oxygens (including phenoxy) is 2. The highest BCUT2D eigenvalue weighted by atomic mass is 16.5. The number of nitrogens with zero attached hydrogens (tertiary/aromatic N) is 4. The number of hydrogen-bond acceptors (Lipinski definition) is 10. The lowest BCUT2D eigenvalue weighted by atomic mass is 10.0. The zero-order valence-corrected chi connectivity index (χ0v) is 22.6. The van der Waals surface area contributed by atoms with Crippen LogP contribution in [0.15, 0.2) is 24.4 Å². The van der Waals surface area contributed by atoms with Crippen molar-refractivity contribution in [1.82, 2.24) is 19.7 Å². The first-order valence-electron chi connectivity index (χ1n) is 13.9. The molecule has 1 aromatic rings. The fraction of sp³-hybridized carbons (Fsp3) is 0.741. The number of rotatable bonds is 7. The van der Waals surface area contributed by atoms with Gasteiger partial charge in [0, 0.05) is 84.7 Å². The summed E-state index contributed by atoms with van der Waals surface area (Å²) in [6.07, 6.45) is -1.82. The monoisotopic (exact) mass is 552 g/mol. The Labute approximate surface area is 230 Å². The molecule has 0 aromatic carbocycles. The number of aliphatic hydroxyl groups is 4. The van der Waals surface area contributed by atoms with E-state index in [4.69, 9.17) is 9.47 Å². The van der Waals surface area contributed by atoms with Crippen molar-refractivity contribution in [3.63, 3.8) is 0 Å². The van der Waals surface area contributed by atoms with E-state index in [1.807, 2.05) is 18.2 Å². The van der Waals surface area contributed by atoms with Crippen LogP contribution >= 0.6 is 0 Å². The average Bonchev–Trinajstić information content (AvgIpc) is 2.95. The minimum Gasteiger partial charge on any atom is -0.394 e. The number of hydrogen-bond donors (Lipinski definition) is 4. The van der Waals surface area contributed by atoms with Crippen LogP contribution in [-0.4, -0.2) is 142 Å². The van der Waals surface area contributed by atoms with Crippen molar-refractivity contribution in [3.05, 3.63) is 30.1 Å². The van der Waals surface area contributed by atoms with E-state index in [-0.39, 0.29) is 44.4 Å². The molecule has 0 radical (unpaired) electrons. The Morgan fingerprint density at radius 1 is 0.949 bits per heavy atom. The smallest absolute Gasteiger partial charge is 0.223 e. The van der Waals surface area contributed by atoms with Gasteiger partial charge in [-0.05, 0) is 31.4 Å². The van der Waals surface area contributed by atoms with E-state index in [9.17, 15) is 30.0 Å². The van der Waals surface area contributed by atoms with E-state index in [1.165, 1.54) is 4.90 Å². The second-order valence-corrected chi connectivity index (χ2v) is 10.1. The standard InChI is InChI=1S/C27H44N4O8/c32-20-23(34)27-26(37)22(33)19-31(10-5-16-38-15-3-4-17-39-27)25(36)8-7-24(35)30-13-11-29(12-14-30)18-21-6-1-2-9-28-21/h1-2,6,9,22-23,26-27,32-34,37H,3-5,7-8,10-20H2/t22-,23-,26-,27-/m1/s1. The first-order valence-corrected chi connectivity index (χ1v) is 13.9. The largest absolute Gasteiger partial charge is 0.394 e. The van der Waals surface area contributed by atoms with Crippen LogP contribution in [0.1, 0.15) is 37.8 Å². The summed E-state index contributed by atoms with van der Waals surface area (Å²) in [7, 11) is 0. The van der Waals surface area contributed by atoms with Gasteiger partial charge in [-0.2, -0.15) is 0 Å². The van der Waals surface area contributed by atoms with Gasteiger partial charge in [0.25, 0.3) is 0 Å². The fourth-order valence-electron chi connectivity index (χ4n) is 4.80. The van der Waals surface area contributed by atoms with Gasteiger partial charge < -0.3 is 39.7 Å². The lowest BCUT2D eigenvalue weighted by Crippen LogP contribution is -2.52. The summed E-state index contributed by atoms with van der Waals surface area (Å²) < 4.78 is 11.2. The summed E-state index contributed by atoms with van der Waals surface area (Å²) in [5.74, 6) is -0.401. The zero-order chi connectivity index (χ0) is 28.0. The van der Waals surface area contributed by atoms with Gasteiger partial charge in [-0.3, -0.25) is 19.5 Å². The molecule has 0 aliphatic carbocycles. The van der Waals surface area contributed by atoms with Crippen LogP contribution in [0, 0.1) is 0 Å². The van der Waals surface area contributed by atoms with Crippen molar-refractivity contribution < 1.29 is 39.5 Å². The van der Waals surface area contributed by atoms with Gasteiger partial charge in [-0.15, -0.1) is 0 Å². The van der Waals surface area contributed by atoms with Crippen molar-refractivity contribution in [3.8, 4) is 0 Å². The Morgan fingerprint density at radius 2 is 1.64 bits per heavy atom. The van der Waals surface area contributed by atoms with E-state index in [0.29, 0.717) is 45.6 Å². The predicted octanol–water partition coefficient (Wildman–Crippen LogP) is -1.00. The number of piperazine rings is 1. The molecule has 220 valence electrons. The van der Waals surface area contributed by atoms with Gasteiger partial charge >= 0.3 is 0 Å². The molecule has 2 aliphatic rings. The highest BCUT2D eigenvalue weighted by molar-refractivity contribution is 5.84. The molecule has 2 aliphatic heterocycles. The van der Waals surface area contributed by atoms with Crippen molar-refractivity contribution >= 4 is 11.8 Å². The second kappa shape index (κ2) is 16.8. The lowest BCUT2D eigenvalue weighted by molar-refractivity contribution is -0.152. The van der Waals surface area contributed by atoms with Gasteiger partial charge in [0.2, 0.25) is 11.8 Å². The molecular formula is C27H44N4O8. The molecule has 2 saturated heterocycles. The molecule has 2 fully saturated rings. The minimum atomic E-state index is -1.51. The number of β-amino-alcohol motifs (C(OH)–C–C–N with tert-alkyl or cyclic N) is 1. The van der Waals surface area contributed by atoms with Gasteiger partial charge in [-0.1, -0.05) is 6.07 Å². The number of aromatic nitrogens is 1. The maximum atomic E-state index is 13.1. The highest BCUT2D eigenvalue weighted by Crippen LogP contribution is 2.15. The van der Waals surface area contributed by atoms with Gasteiger partial charge in [0.05, 0.1) is 12.3 Å². The summed E-state index contributed by atoms with van der Waals surface area (Å²) in [5, 5.41) is 40.9. The zero-order valence-electron chi connectivity index (χ0n) is 22.6. The third-order valence-corrected chi connectivity index (χ3v) is 7.16. The normalized spacial score (nSPS) is 25.6. The molecule has 4 atom stereocenters. The van der Waals surface area contributed by atoms with Gasteiger partial charge in [-0.25, -0.2) is 0 Å². The Bertz CT molecular complexity index is 855. The summed E-state index contributed by atoms with van der Waals surface area (Å²) in [6.45, 7) is 3.99. The quantitative estimate of drug-likeness (QED) is 0.331. The van der Waals surface area contributed by atoms with Crippen molar-refractivity contribution in [1.29, 1.82) is 0 Å². The summed E-state index contributed by atoms with van der Waals surface area (Å²) in [5.41, 5.74) is 0.988. The molecule has 12 heteroatoms. The lowest BCUT2D eigenvalue weighted by Gasteiger charge is -2.35. The van der Waals surface area contributed by atoms with Crippen LogP contribution < -0.4 is 0 Å². The van der Waals surface area contributed by atoms with E-state index >= 15 is 0 Å². The van der Waals surface area contributed by atoms with Gasteiger partial charge in [0.15, 0.2) is 0 Å². The maximum Gasteiger partial charge on any atom is 0.223 e. The van der Waals surface area contributed by atoms with Crippen LogP contribution in [0.25, 0.3) is 0 Å². The van der Waals surface area contributed by atoms with Crippen molar-refractivity contribution in [2.75, 3.05) is 65.7 Å². The first kappa shape index (κ1) is 31.3. The molecule has 2 amide bonds. The molecule has 0 saturated carbocycles. The predicted molar refractivity (Wildman–Crippen MR) is 141 cm³/mol. The van der Waals surface area contributed by atoms with Crippen LogP contribution in [0.2, 0.25) is 0 Å². The Hall–Kier alpha value is -2.19. The van der Waals surface area contributed by atoms with E-state index in [1.54, 1.807) is 11.1 Å². The summed E-state index contributed by atoms with van der Waals surface area (Å²) in [4.78, 5) is 35.7. The van der Waals surface area contributed by atoms with Crippen LogP contribution in [0.4, 0.5) is 0 Å². The molecule has 0 spiro atoms.